The van der Waals surface area contributed by atoms with Crippen LogP contribution in [0.4, 0.5) is 5.69 Å². The molecule has 0 spiro atoms. The largest absolute Gasteiger partial charge is 0.319 e. The van der Waals surface area contributed by atoms with E-state index in [9.17, 15) is 0 Å². The van der Waals surface area contributed by atoms with Gasteiger partial charge in [-0.05, 0) is 18.6 Å². The van der Waals surface area contributed by atoms with Crippen molar-refractivity contribution in [1.82, 2.24) is 5.43 Å². The normalized spacial score (nSPS) is 21.1. The second-order valence-electron chi connectivity index (χ2n) is 2.84. The predicted molar refractivity (Wildman–Crippen MR) is 44.9 cm³/mol. The maximum Gasteiger partial charge on any atom is 0.100 e. The molecule has 4 N–H and O–H groups in total. The number of hydrazine groups is 1. The Hall–Kier alpha value is -1.06. The van der Waals surface area contributed by atoms with Crippen molar-refractivity contribution in [2.45, 2.75) is 13.1 Å². The van der Waals surface area contributed by atoms with Crippen LogP contribution in [0.15, 0.2) is 18.2 Å². The molecule has 1 aliphatic rings. The maximum absolute atomic E-state index is 5.72. The van der Waals surface area contributed by atoms with Gasteiger partial charge in [-0.2, -0.15) is 0 Å². The molecule has 0 amide bonds. The third-order valence-electron chi connectivity index (χ3n) is 1.91. The number of hydrogen-bond acceptors (Lipinski definition) is 3. The second kappa shape index (κ2) is 2.22. The van der Waals surface area contributed by atoms with E-state index >= 15 is 0 Å². The molecule has 0 fully saturated rings. The van der Waals surface area contributed by atoms with Crippen molar-refractivity contribution in [3.05, 3.63) is 29.3 Å². The molecule has 0 bridgehead atoms. The van der Waals surface area contributed by atoms with Crippen molar-refractivity contribution >= 4 is 5.69 Å². The van der Waals surface area contributed by atoms with Gasteiger partial charge in [0.2, 0.25) is 0 Å². The lowest BCUT2D eigenvalue weighted by molar-refractivity contribution is 0.655. The Morgan fingerprint density at radius 1 is 1.45 bits per heavy atom. The predicted octanol–water partition coefficient (Wildman–Crippen LogP) is 0.882. The number of benzene rings is 1. The average Bonchev–Trinajstić information content (AvgIpc) is 2.32. The van der Waals surface area contributed by atoms with Crippen molar-refractivity contribution in [3.8, 4) is 0 Å². The van der Waals surface area contributed by atoms with Crippen molar-refractivity contribution in [3.63, 3.8) is 0 Å². The standard InChI is InChI=1S/C8H11N3/c1-5-2-3-6-7(4-5)10-11-8(6)9/h2-4,8,10-11H,9H2,1H3. The molecule has 1 atom stereocenters. The van der Waals surface area contributed by atoms with Crippen LogP contribution in [0.25, 0.3) is 0 Å². The number of aryl methyl sites for hydroxylation is 1. The molecule has 1 aromatic carbocycles. The number of fused-ring (bicyclic) bond motifs is 1. The van der Waals surface area contributed by atoms with Crippen molar-refractivity contribution < 1.29 is 0 Å². The van der Waals surface area contributed by atoms with Crippen LogP contribution in [0.2, 0.25) is 0 Å². The lowest BCUT2D eigenvalue weighted by Crippen LogP contribution is -2.25. The smallest absolute Gasteiger partial charge is 0.100 e. The van der Waals surface area contributed by atoms with E-state index in [1.807, 2.05) is 6.07 Å². The summed E-state index contributed by atoms with van der Waals surface area (Å²) < 4.78 is 0. The summed E-state index contributed by atoms with van der Waals surface area (Å²) in [6.07, 6.45) is -0.0643. The highest BCUT2D eigenvalue weighted by molar-refractivity contribution is 5.56. The first-order valence-electron chi connectivity index (χ1n) is 3.65. The van der Waals surface area contributed by atoms with Gasteiger partial charge in [0, 0.05) is 5.56 Å². The highest BCUT2D eigenvalue weighted by atomic mass is 15.4. The molecule has 1 heterocycles. The molecule has 2 rings (SSSR count). The van der Waals surface area contributed by atoms with Gasteiger partial charge in [-0.1, -0.05) is 12.1 Å². The lowest BCUT2D eigenvalue weighted by Gasteiger charge is -2.01. The Morgan fingerprint density at radius 3 is 3.09 bits per heavy atom. The van der Waals surface area contributed by atoms with Crippen LogP contribution in [-0.4, -0.2) is 0 Å². The van der Waals surface area contributed by atoms with Crippen molar-refractivity contribution in [2.24, 2.45) is 5.73 Å². The molecule has 0 saturated heterocycles. The molecule has 0 saturated carbocycles. The van der Waals surface area contributed by atoms with E-state index in [1.54, 1.807) is 0 Å². The molecule has 0 aromatic heterocycles. The van der Waals surface area contributed by atoms with Crippen LogP contribution in [-0.2, 0) is 0 Å². The first kappa shape index (κ1) is 6.64. The first-order valence-corrected chi connectivity index (χ1v) is 3.65. The summed E-state index contributed by atoms with van der Waals surface area (Å²) in [6.45, 7) is 2.06. The fraction of sp³-hybridized carbons (Fsp3) is 0.250. The minimum absolute atomic E-state index is 0.0643. The van der Waals surface area contributed by atoms with Crippen LogP contribution in [0.5, 0.6) is 0 Å². The zero-order valence-electron chi connectivity index (χ0n) is 6.39. The average molecular weight is 149 g/mol. The van der Waals surface area contributed by atoms with E-state index in [-0.39, 0.29) is 6.17 Å². The molecule has 3 nitrogen and oxygen atoms in total. The monoisotopic (exact) mass is 149 g/mol. The second-order valence-corrected chi connectivity index (χ2v) is 2.84. The van der Waals surface area contributed by atoms with Gasteiger partial charge in [0.05, 0.1) is 5.69 Å². The Morgan fingerprint density at radius 2 is 2.27 bits per heavy atom. The minimum Gasteiger partial charge on any atom is -0.319 e. The molecule has 1 aliphatic heterocycles. The van der Waals surface area contributed by atoms with Gasteiger partial charge in [0.15, 0.2) is 0 Å². The summed E-state index contributed by atoms with van der Waals surface area (Å²) >= 11 is 0. The van der Waals surface area contributed by atoms with Gasteiger partial charge >= 0.3 is 0 Å². The number of hydrogen-bond donors (Lipinski definition) is 3. The Labute approximate surface area is 65.6 Å². The number of nitrogens with two attached hydrogens (primary N) is 1. The zero-order valence-corrected chi connectivity index (χ0v) is 6.39. The molecule has 58 valence electrons. The summed E-state index contributed by atoms with van der Waals surface area (Å²) in [5.41, 5.74) is 15.2. The molecule has 3 heteroatoms. The number of nitrogens with one attached hydrogen (secondary N) is 2. The third kappa shape index (κ3) is 0.982. The van der Waals surface area contributed by atoms with Gasteiger partial charge in [0.1, 0.15) is 6.17 Å². The Balaban J connectivity index is 2.50. The summed E-state index contributed by atoms with van der Waals surface area (Å²) in [5.74, 6) is 0. The quantitative estimate of drug-likeness (QED) is 0.513. The van der Waals surface area contributed by atoms with E-state index in [0.29, 0.717) is 0 Å². The molecular weight excluding hydrogens is 138 g/mol. The molecule has 0 aliphatic carbocycles. The van der Waals surface area contributed by atoms with E-state index < -0.39 is 0 Å². The van der Waals surface area contributed by atoms with Gasteiger partial charge in [-0.3, -0.25) is 0 Å². The van der Waals surface area contributed by atoms with E-state index in [4.69, 9.17) is 5.73 Å². The highest BCUT2D eigenvalue weighted by Crippen LogP contribution is 2.25. The maximum atomic E-state index is 5.72. The summed E-state index contributed by atoms with van der Waals surface area (Å²) in [5, 5.41) is 0. The van der Waals surface area contributed by atoms with Crippen LogP contribution in [0, 0.1) is 6.92 Å². The van der Waals surface area contributed by atoms with Crippen LogP contribution >= 0.6 is 0 Å². The minimum atomic E-state index is -0.0643. The molecule has 1 unspecified atom stereocenters. The van der Waals surface area contributed by atoms with E-state index in [2.05, 4.69) is 29.9 Å². The molecule has 11 heavy (non-hydrogen) atoms. The zero-order chi connectivity index (χ0) is 7.84. The molecule has 0 radical (unpaired) electrons. The molecular formula is C8H11N3. The highest BCUT2D eigenvalue weighted by Gasteiger charge is 2.16. The SMILES string of the molecule is Cc1ccc2c(c1)NNC2N. The summed E-state index contributed by atoms with van der Waals surface area (Å²) in [7, 11) is 0. The van der Waals surface area contributed by atoms with Crippen LogP contribution in [0.3, 0.4) is 0 Å². The van der Waals surface area contributed by atoms with Crippen molar-refractivity contribution in [1.29, 1.82) is 0 Å². The van der Waals surface area contributed by atoms with E-state index in [1.165, 1.54) is 5.56 Å². The lowest BCUT2D eigenvalue weighted by atomic mass is 10.1. The van der Waals surface area contributed by atoms with E-state index in [0.717, 1.165) is 11.3 Å². The van der Waals surface area contributed by atoms with Crippen molar-refractivity contribution in [2.75, 3.05) is 5.43 Å². The number of anilines is 1. The van der Waals surface area contributed by atoms with Crippen LogP contribution in [0.1, 0.15) is 17.3 Å². The fourth-order valence-corrected chi connectivity index (χ4v) is 1.28. The first-order chi connectivity index (χ1) is 5.27. The fourth-order valence-electron chi connectivity index (χ4n) is 1.28. The van der Waals surface area contributed by atoms with Crippen LogP contribution < -0.4 is 16.6 Å². The summed E-state index contributed by atoms with van der Waals surface area (Å²) in [4.78, 5) is 0. The van der Waals surface area contributed by atoms with Gasteiger partial charge in [-0.15, -0.1) is 0 Å². The third-order valence-corrected chi connectivity index (χ3v) is 1.91. The van der Waals surface area contributed by atoms with Gasteiger partial charge < -0.3 is 11.2 Å². The Kier molecular flexibility index (Phi) is 1.34. The number of rotatable bonds is 0. The Bertz CT molecular complexity index is 283. The van der Waals surface area contributed by atoms with Gasteiger partial charge in [-0.25, -0.2) is 5.43 Å². The topological polar surface area (TPSA) is 50.1 Å². The molecule has 1 aromatic rings. The summed E-state index contributed by atoms with van der Waals surface area (Å²) in [6, 6.07) is 6.19. The van der Waals surface area contributed by atoms with Gasteiger partial charge in [0.25, 0.3) is 0 Å².